The first-order valence-electron chi connectivity index (χ1n) is 9.80. The van der Waals surface area contributed by atoms with Crippen molar-refractivity contribution in [2.75, 3.05) is 38.2 Å². The molecule has 1 fully saturated rings. The fraction of sp³-hybridized carbons (Fsp3) is 0.364. The lowest BCUT2D eigenvalue weighted by Gasteiger charge is -2.24. The summed E-state index contributed by atoms with van der Waals surface area (Å²) in [6, 6.07) is 14.2. The minimum Gasteiger partial charge on any atom is -0.497 e. The minimum atomic E-state index is -0.638. The van der Waals surface area contributed by atoms with Crippen LogP contribution in [-0.2, 0) is 9.63 Å². The van der Waals surface area contributed by atoms with Gasteiger partial charge in [-0.25, -0.2) is 4.39 Å². The molecule has 2 aromatic carbocycles. The summed E-state index contributed by atoms with van der Waals surface area (Å²) in [6.45, 7) is 2.94. The minimum absolute atomic E-state index is 0.0586. The van der Waals surface area contributed by atoms with Crippen LogP contribution in [0.3, 0.4) is 0 Å². The van der Waals surface area contributed by atoms with Gasteiger partial charge in [0, 0.05) is 43.9 Å². The van der Waals surface area contributed by atoms with Crippen molar-refractivity contribution in [1.82, 2.24) is 4.90 Å². The van der Waals surface area contributed by atoms with Crippen LogP contribution in [0.2, 0.25) is 0 Å². The number of hydrogen-bond acceptors (Lipinski definition) is 5. The largest absolute Gasteiger partial charge is 0.497 e. The first kappa shape index (κ1) is 19.2. The van der Waals surface area contributed by atoms with E-state index in [1.165, 1.54) is 12.1 Å². The van der Waals surface area contributed by atoms with E-state index in [0.717, 1.165) is 30.9 Å². The number of methoxy groups -OCH3 is 1. The Morgan fingerprint density at radius 3 is 2.72 bits per heavy atom. The molecule has 0 bridgehead atoms. The Morgan fingerprint density at radius 1 is 1.14 bits per heavy atom. The third-order valence-corrected chi connectivity index (χ3v) is 5.35. The van der Waals surface area contributed by atoms with Crippen LogP contribution >= 0.6 is 0 Å². The Hall–Kier alpha value is -3.09. The van der Waals surface area contributed by atoms with Crippen LogP contribution in [0, 0.1) is 5.82 Å². The number of carbonyl (C=O) groups is 1. The predicted octanol–water partition coefficient (Wildman–Crippen LogP) is 3.07. The molecule has 0 aliphatic carbocycles. The van der Waals surface area contributed by atoms with Crippen LogP contribution in [0.5, 0.6) is 5.75 Å². The second-order valence-electron chi connectivity index (χ2n) is 7.21. The second-order valence-corrected chi connectivity index (χ2v) is 7.21. The predicted molar refractivity (Wildman–Crippen MR) is 109 cm³/mol. The highest BCUT2D eigenvalue weighted by Gasteiger charge is 2.33. The molecule has 2 heterocycles. The maximum Gasteiger partial charge on any atom is 0.266 e. The van der Waals surface area contributed by atoms with Crippen LogP contribution in [-0.4, -0.2) is 55.9 Å². The topological polar surface area (TPSA) is 54.4 Å². The van der Waals surface area contributed by atoms with Crippen molar-refractivity contribution in [3.8, 4) is 5.75 Å². The van der Waals surface area contributed by atoms with Gasteiger partial charge in [-0.2, -0.15) is 0 Å². The van der Waals surface area contributed by atoms with Crippen molar-refractivity contribution in [2.24, 2.45) is 5.16 Å². The molecule has 4 rings (SSSR count). The first-order valence-corrected chi connectivity index (χ1v) is 9.80. The summed E-state index contributed by atoms with van der Waals surface area (Å²) >= 11 is 0. The number of rotatable bonds is 4. The number of benzene rings is 2. The Morgan fingerprint density at radius 2 is 1.97 bits per heavy atom. The van der Waals surface area contributed by atoms with Crippen LogP contribution in [0.1, 0.15) is 18.4 Å². The Balaban J connectivity index is 1.35. The molecule has 1 unspecified atom stereocenters. The van der Waals surface area contributed by atoms with Gasteiger partial charge in [-0.15, -0.1) is 0 Å². The first-order chi connectivity index (χ1) is 14.1. The van der Waals surface area contributed by atoms with E-state index in [2.05, 4.69) is 10.1 Å². The van der Waals surface area contributed by atoms with Crippen molar-refractivity contribution >= 4 is 17.3 Å². The number of nitrogens with zero attached hydrogens (tertiary/aromatic N) is 3. The lowest BCUT2D eigenvalue weighted by atomic mass is 10.0. The number of hydrogen-bond donors (Lipinski definition) is 0. The smallest absolute Gasteiger partial charge is 0.266 e. The van der Waals surface area contributed by atoms with Crippen molar-refractivity contribution in [3.05, 3.63) is 59.9 Å². The summed E-state index contributed by atoms with van der Waals surface area (Å²) in [5.41, 5.74) is 2.38. The Bertz CT molecular complexity index is 900. The molecule has 0 N–H and O–H groups in total. The molecular weight excluding hydrogens is 373 g/mol. The van der Waals surface area contributed by atoms with Gasteiger partial charge in [-0.1, -0.05) is 17.3 Å². The van der Waals surface area contributed by atoms with E-state index in [1.54, 1.807) is 19.2 Å². The molecule has 1 amide bonds. The van der Waals surface area contributed by atoms with Gasteiger partial charge in [0.15, 0.2) is 0 Å². The molecule has 29 heavy (non-hydrogen) atoms. The van der Waals surface area contributed by atoms with Gasteiger partial charge in [0.1, 0.15) is 11.6 Å². The van der Waals surface area contributed by atoms with Gasteiger partial charge in [-0.05, 0) is 42.8 Å². The van der Waals surface area contributed by atoms with Crippen molar-refractivity contribution in [1.29, 1.82) is 0 Å². The van der Waals surface area contributed by atoms with E-state index in [0.29, 0.717) is 30.8 Å². The molecular formula is C22H24FN3O3. The van der Waals surface area contributed by atoms with Crippen LogP contribution in [0.15, 0.2) is 53.7 Å². The lowest BCUT2D eigenvalue weighted by Crippen LogP contribution is -2.41. The zero-order chi connectivity index (χ0) is 20.2. The molecule has 0 spiro atoms. The summed E-state index contributed by atoms with van der Waals surface area (Å²) in [6.07, 6.45) is 0.601. The molecule has 6 nitrogen and oxygen atoms in total. The highest BCUT2D eigenvalue weighted by Crippen LogP contribution is 2.23. The number of halogens is 1. The second kappa shape index (κ2) is 8.51. The quantitative estimate of drug-likeness (QED) is 0.796. The molecule has 0 aromatic heterocycles. The number of oxime groups is 1. The average Bonchev–Trinajstić information content (AvgIpc) is 3.12. The standard InChI is InChI=1S/C22H24FN3O3/c1-28-19-8-6-18(7-9-19)25-10-3-11-26(13-12-25)22(27)21-15-20(24-29-21)16-4-2-5-17(23)14-16/h2,4-9,14,21H,3,10-13,15H2,1H3. The number of anilines is 1. The zero-order valence-corrected chi connectivity index (χ0v) is 16.4. The highest BCUT2D eigenvalue weighted by atomic mass is 19.1. The maximum atomic E-state index is 13.4. The molecule has 0 saturated carbocycles. The third-order valence-electron chi connectivity index (χ3n) is 5.35. The zero-order valence-electron chi connectivity index (χ0n) is 16.4. The van der Waals surface area contributed by atoms with Gasteiger partial charge in [0.05, 0.1) is 12.8 Å². The van der Waals surface area contributed by atoms with E-state index in [-0.39, 0.29) is 11.7 Å². The molecule has 2 aliphatic rings. The SMILES string of the molecule is COc1ccc(N2CCCN(C(=O)C3CC(c4cccc(F)c4)=NO3)CC2)cc1. The molecule has 1 atom stereocenters. The molecule has 152 valence electrons. The maximum absolute atomic E-state index is 13.4. The molecule has 2 aliphatic heterocycles. The van der Waals surface area contributed by atoms with E-state index >= 15 is 0 Å². The van der Waals surface area contributed by atoms with Crippen LogP contribution in [0.4, 0.5) is 10.1 Å². The Labute approximate surface area is 169 Å². The fourth-order valence-electron chi connectivity index (χ4n) is 3.74. The summed E-state index contributed by atoms with van der Waals surface area (Å²) in [5, 5.41) is 4.03. The summed E-state index contributed by atoms with van der Waals surface area (Å²) in [7, 11) is 1.65. The summed E-state index contributed by atoms with van der Waals surface area (Å²) in [4.78, 5) is 22.5. The summed E-state index contributed by atoms with van der Waals surface area (Å²) in [5.74, 6) is 0.440. The third kappa shape index (κ3) is 4.34. The van der Waals surface area contributed by atoms with E-state index in [1.807, 2.05) is 29.2 Å². The highest BCUT2D eigenvalue weighted by molar-refractivity contribution is 6.04. The van der Waals surface area contributed by atoms with Crippen molar-refractivity contribution in [2.45, 2.75) is 18.9 Å². The molecule has 1 saturated heterocycles. The van der Waals surface area contributed by atoms with Crippen LogP contribution < -0.4 is 9.64 Å². The molecule has 2 aromatic rings. The van der Waals surface area contributed by atoms with Gasteiger partial charge in [0.2, 0.25) is 6.10 Å². The van der Waals surface area contributed by atoms with Gasteiger partial charge in [-0.3, -0.25) is 4.79 Å². The van der Waals surface area contributed by atoms with Crippen molar-refractivity contribution < 1.29 is 18.8 Å². The summed E-state index contributed by atoms with van der Waals surface area (Å²) < 4.78 is 18.7. The number of ether oxygens (including phenoxy) is 1. The van der Waals surface area contributed by atoms with Crippen LogP contribution in [0.25, 0.3) is 0 Å². The number of carbonyl (C=O) groups excluding carboxylic acids is 1. The molecule has 0 radical (unpaired) electrons. The van der Waals surface area contributed by atoms with Gasteiger partial charge in [0.25, 0.3) is 5.91 Å². The van der Waals surface area contributed by atoms with E-state index < -0.39 is 6.10 Å². The number of amides is 1. The monoisotopic (exact) mass is 397 g/mol. The van der Waals surface area contributed by atoms with Crippen molar-refractivity contribution in [3.63, 3.8) is 0 Å². The van der Waals surface area contributed by atoms with E-state index in [9.17, 15) is 9.18 Å². The normalized spacial score (nSPS) is 19.4. The fourth-order valence-corrected chi connectivity index (χ4v) is 3.74. The van der Waals surface area contributed by atoms with Gasteiger partial charge >= 0.3 is 0 Å². The lowest BCUT2D eigenvalue weighted by molar-refractivity contribution is -0.141. The van der Waals surface area contributed by atoms with E-state index in [4.69, 9.17) is 9.57 Å². The average molecular weight is 397 g/mol. The van der Waals surface area contributed by atoms with Gasteiger partial charge < -0.3 is 19.4 Å². The Kier molecular flexibility index (Phi) is 5.64. The molecule has 7 heteroatoms.